The topological polar surface area (TPSA) is 64.2 Å². The van der Waals surface area contributed by atoms with Crippen molar-refractivity contribution in [3.8, 4) is 0 Å². The minimum absolute atomic E-state index is 0.145. The van der Waals surface area contributed by atoms with Crippen molar-refractivity contribution in [1.82, 2.24) is 19.2 Å². The van der Waals surface area contributed by atoms with Gasteiger partial charge in [-0.15, -0.1) is 5.10 Å². The summed E-state index contributed by atoms with van der Waals surface area (Å²) in [4.78, 5) is 16.0. The summed E-state index contributed by atoms with van der Waals surface area (Å²) in [7, 11) is 0. The normalized spacial score (nSPS) is 10.8. The van der Waals surface area contributed by atoms with Gasteiger partial charge in [-0.2, -0.15) is 0 Å². The molecule has 20 heavy (non-hydrogen) atoms. The molecule has 0 aliphatic rings. The average molecular weight is 269 g/mol. The minimum atomic E-state index is -0.145. The van der Waals surface area contributed by atoms with Crippen molar-refractivity contribution in [2.75, 3.05) is 11.9 Å². The molecule has 102 valence electrons. The van der Waals surface area contributed by atoms with Crippen LogP contribution in [0.2, 0.25) is 0 Å². The van der Waals surface area contributed by atoms with Crippen molar-refractivity contribution in [2.24, 2.45) is 0 Å². The van der Waals surface area contributed by atoms with E-state index in [4.69, 9.17) is 0 Å². The van der Waals surface area contributed by atoms with Crippen molar-refractivity contribution >= 4 is 11.3 Å². The number of fused-ring (bicyclic) bond motifs is 1. The molecule has 0 saturated carbocycles. The standard InChI is InChI=1S/C14H15N5O/c1-11-2-4-12(5-3-11)16-7-9-19-14(20)18-8-6-15-10-13(18)17-19/h2-6,8,10,16H,7,9H2,1H3. The number of aromatic nitrogens is 4. The molecule has 1 N–H and O–H groups in total. The Bertz CT molecular complexity index is 772. The lowest BCUT2D eigenvalue weighted by Crippen LogP contribution is -2.24. The number of rotatable bonds is 4. The van der Waals surface area contributed by atoms with Gasteiger partial charge in [0.05, 0.1) is 12.7 Å². The van der Waals surface area contributed by atoms with Crippen molar-refractivity contribution in [1.29, 1.82) is 0 Å². The van der Waals surface area contributed by atoms with Crippen LogP contribution < -0.4 is 11.0 Å². The fourth-order valence-corrected chi connectivity index (χ4v) is 2.00. The van der Waals surface area contributed by atoms with E-state index in [1.807, 2.05) is 31.2 Å². The van der Waals surface area contributed by atoms with Gasteiger partial charge in [-0.05, 0) is 19.1 Å². The van der Waals surface area contributed by atoms with Gasteiger partial charge in [0.2, 0.25) is 0 Å². The smallest absolute Gasteiger partial charge is 0.350 e. The number of aryl methyl sites for hydroxylation is 1. The zero-order valence-electron chi connectivity index (χ0n) is 11.2. The molecule has 0 fully saturated rings. The highest BCUT2D eigenvalue weighted by molar-refractivity contribution is 5.44. The van der Waals surface area contributed by atoms with Crippen LogP contribution in [0, 0.1) is 6.92 Å². The number of benzene rings is 1. The van der Waals surface area contributed by atoms with Gasteiger partial charge in [0.1, 0.15) is 0 Å². The molecule has 0 bridgehead atoms. The van der Waals surface area contributed by atoms with Gasteiger partial charge in [-0.25, -0.2) is 13.9 Å². The lowest BCUT2D eigenvalue weighted by molar-refractivity contribution is 0.614. The first-order chi connectivity index (χ1) is 9.74. The number of nitrogens with one attached hydrogen (secondary N) is 1. The second-order valence-electron chi connectivity index (χ2n) is 4.60. The van der Waals surface area contributed by atoms with Gasteiger partial charge in [0, 0.05) is 24.6 Å². The quantitative estimate of drug-likeness (QED) is 0.775. The maximum Gasteiger partial charge on any atom is 0.350 e. The molecular formula is C14H15N5O. The molecule has 0 aliphatic heterocycles. The van der Waals surface area contributed by atoms with E-state index in [1.54, 1.807) is 18.6 Å². The molecule has 6 nitrogen and oxygen atoms in total. The highest BCUT2D eigenvalue weighted by atomic mass is 16.2. The maximum absolute atomic E-state index is 12.0. The second kappa shape index (κ2) is 5.16. The van der Waals surface area contributed by atoms with Crippen LogP contribution in [-0.2, 0) is 6.54 Å². The van der Waals surface area contributed by atoms with Gasteiger partial charge in [-0.1, -0.05) is 17.7 Å². The molecular weight excluding hydrogens is 254 g/mol. The van der Waals surface area contributed by atoms with Gasteiger partial charge >= 0.3 is 5.69 Å². The van der Waals surface area contributed by atoms with Gasteiger partial charge in [0.15, 0.2) is 5.65 Å². The summed E-state index contributed by atoms with van der Waals surface area (Å²) in [6, 6.07) is 8.13. The van der Waals surface area contributed by atoms with Crippen LogP contribution in [0.25, 0.3) is 5.65 Å². The molecule has 0 unspecified atom stereocenters. The molecule has 6 heteroatoms. The molecule has 3 rings (SSSR count). The van der Waals surface area contributed by atoms with Crippen LogP contribution in [0.4, 0.5) is 5.69 Å². The third kappa shape index (κ3) is 2.40. The van der Waals surface area contributed by atoms with E-state index in [2.05, 4.69) is 15.4 Å². The number of hydrogen-bond acceptors (Lipinski definition) is 4. The Morgan fingerprint density at radius 2 is 2.05 bits per heavy atom. The van der Waals surface area contributed by atoms with Crippen LogP contribution >= 0.6 is 0 Å². The molecule has 0 amide bonds. The molecule has 0 aliphatic carbocycles. The number of anilines is 1. The van der Waals surface area contributed by atoms with Crippen molar-refractivity contribution < 1.29 is 0 Å². The Hall–Kier alpha value is -2.63. The maximum atomic E-state index is 12.0. The average Bonchev–Trinajstić information content (AvgIpc) is 2.78. The number of hydrogen-bond donors (Lipinski definition) is 1. The first-order valence-corrected chi connectivity index (χ1v) is 6.44. The third-order valence-electron chi connectivity index (χ3n) is 3.09. The summed E-state index contributed by atoms with van der Waals surface area (Å²) in [5.74, 6) is 0. The molecule has 0 radical (unpaired) electrons. The van der Waals surface area contributed by atoms with Crippen molar-refractivity contribution in [3.63, 3.8) is 0 Å². The van der Waals surface area contributed by atoms with E-state index >= 15 is 0 Å². The molecule has 0 spiro atoms. The first-order valence-electron chi connectivity index (χ1n) is 6.44. The predicted molar refractivity (Wildman–Crippen MR) is 76.9 cm³/mol. The van der Waals surface area contributed by atoms with Crippen LogP contribution in [0.15, 0.2) is 47.7 Å². The van der Waals surface area contributed by atoms with E-state index < -0.39 is 0 Å². The van der Waals surface area contributed by atoms with E-state index in [1.165, 1.54) is 14.6 Å². The summed E-state index contributed by atoms with van der Waals surface area (Å²) >= 11 is 0. The lowest BCUT2D eigenvalue weighted by atomic mass is 10.2. The summed E-state index contributed by atoms with van der Waals surface area (Å²) in [6.45, 7) is 3.20. The Labute approximate surface area is 115 Å². The summed E-state index contributed by atoms with van der Waals surface area (Å²) in [5, 5.41) is 7.49. The van der Waals surface area contributed by atoms with E-state index in [0.717, 1.165) is 5.69 Å². The van der Waals surface area contributed by atoms with Crippen LogP contribution in [-0.4, -0.2) is 25.7 Å². The van der Waals surface area contributed by atoms with Gasteiger partial charge < -0.3 is 5.32 Å². The monoisotopic (exact) mass is 269 g/mol. The van der Waals surface area contributed by atoms with Crippen LogP contribution in [0.1, 0.15) is 5.56 Å². The summed E-state index contributed by atoms with van der Waals surface area (Å²) in [5.41, 5.74) is 2.68. The molecule has 3 aromatic rings. The molecule has 0 saturated heterocycles. The van der Waals surface area contributed by atoms with Crippen LogP contribution in [0.3, 0.4) is 0 Å². The van der Waals surface area contributed by atoms with E-state index in [-0.39, 0.29) is 5.69 Å². The molecule has 2 aromatic heterocycles. The Morgan fingerprint density at radius 1 is 1.25 bits per heavy atom. The highest BCUT2D eigenvalue weighted by Crippen LogP contribution is 2.07. The van der Waals surface area contributed by atoms with E-state index in [9.17, 15) is 4.79 Å². The second-order valence-corrected chi connectivity index (χ2v) is 4.60. The zero-order chi connectivity index (χ0) is 13.9. The fraction of sp³-hybridized carbons (Fsp3) is 0.214. The predicted octanol–water partition coefficient (Wildman–Crippen LogP) is 1.31. The highest BCUT2D eigenvalue weighted by Gasteiger charge is 2.05. The van der Waals surface area contributed by atoms with Crippen molar-refractivity contribution in [2.45, 2.75) is 13.5 Å². The molecule has 0 atom stereocenters. The Morgan fingerprint density at radius 3 is 2.80 bits per heavy atom. The molecule has 2 heterocycles. The van der Waals surface area contributed by atoms with Crippen LogP contribution in [0.5, 0.6) is 0 Å². The van der Waals surface area contributed by atoms with Gasteiger partial charge in [0.25, 0.3) is 0 Å². The SMILES string of the molecule is Cc1ccc(NCCn2nc3cnccn3c2=O)cc1. The third-order valence-corrected chi connectivity index (χ3v) is 3.09. The minimum Gasteiger partial charge on any atom is -0.383 e. The van der Waals surface area contributed by atoms with E-state index in [0.29, 0.717) is 18.7 Å². The number of nitrogens with zero attached hydrogens (tertiary/aromatic N) is 4. The summed E-state index contributed by atoms with van der Waals surface area (Å²) < 4.78 is 2.93. The molecule has 1 aromatic carbocycles. The lowest BCUT2D eigenvalue weighted by Gasteiger charge is -2.05. The Kier molecular flexibility index (Phi) is 3.20. The first kappa shape index (κ1) is 12.4. The Balaban J connectivity index is 1.69. The van der Waals surface area contributed by atoms with Gasteiger partial charge in [-0.3, -0.25) is 4.98 Å². The van der Waals surface area contributed by atoms with Crippen molar-refractivity contribution in [3.05, 3.63) is 58.9 Å². The zero-order valence-corrected chi connectivity index (χ0v) is 11.2. The largest absolute Gasteiger partial charge is 0.383 e. The summed E-state index contributed by atoms with van der Waals surface area (Å²) in [6.07, 6.45) is 4.77. The fourth-order valence-electron chi connectivity index (χ4n) is 2.00.